The largest absolute Gasteiger partial charge is 0.545 e. The lowest BCUT2D eigenvalue weighted by Crippen LogP contribution is -2.23. The van der Waals surface area contributed by atoms with Gasteiger partial charge >= 0.3 is 0 Å². The molecular weight excluding hydrogens is 535 g/mol. The third kappa shape index (κ3) is 6.46. The summed E-state index contributed by atoms with van der Waals surface area (Å²) in [7, 11) is 1.61. The number of aliphatic imine (C=N–C) groups is 1. The number of benzene rings is 3. The molecule has 1 aliphatic rings. The third-order valence-corrected chi connectivity index (χ3v) is 6.92. The van der Waals surface area contributed by atoms with Crippen LogP contribution in [-0.4, -0.2) is 35.6 Å². The van der Waals surface area contributed by atoms with Gasteiger partial charge in [-0.1, -0.05) is 47.5 Å². The summed E-state index contributed by atoms with van der Waals surface area (Å²) in [4.78, 5) is 30.3. The van der Waals surface area contributed by atoms with E-state index < -0.39 is 5.97 Å². The molecule has 1 heterocycles. The fourth-order valence-electron chi connectivity index (χ4n) is 3.41. The fraction of sp³-hybridized carbons (Fsp3) is 0.148. The van der Waals surface area contributed by atoms with Crippen LogP contribution in [0.5, 0.6) is 11.5 Å². The first kappa shape index (κ1) is 26.6. The second kappa shape index (κ2) is 11.7. The normalized spacial score (nSPS) is 15.5. The van der Waals surface area contributed by atoms with Crippen molar-refractivity contribution in [3.63, 3.8) is 0 Å². The quantitative estimate of drug-likeness (QED) is 0.337. The highest BCUT2D eigenvalue weighted by Crippen LogP contribution is 2.36. The van der Waals surface area contributed by atoms with E-state index in [2.05, 4.69) is 4.99 Å². The molecule has 3 aromatic carbocycles. The molecule has 1 fully saturated rings. The van der Waals surface area contributed by atoms with Crippen molar-refractivity contribution in [2.24, 2.45) is 4.99 Å². The number of hydrogen-bond donors (Lipinski definition) is 0. The number of rotatable bonds is 8. The zero-order chi connectivity index (χ0) is 26.5. The van der Waals surface area contributed by atoms with Gasteiger partial charge in [0.2, 0.25) is 0 Å². The maximum absolute atomic E-state index is 12.9. The van der Waals surface area contributed by atoms with Gasteiger partial charge in [0.05, 0.1) is 23.2 Å². The van der Waals surface area contributed by atoms with Crippen molar-refractivity contribution >= 4 is 63.8 Å². The molecule has 10 heteroatoms. The lowest BCUT2D eigenvalue weighted by atomic mass is 10.1. The Morgan fingerprint density at radius 1 is 1.08 bits per heavy atom. The number of halogens is 2. The van der Waals surface area contributed by atoms with Crippen LogP contribution in [-0.2, 0) is 11.4 Å². The van der Waals surface area contributed by atoms with Crippen LogP contribution in [0.15, 0.2) is 70.6 Å². The molecule has 0 N–H and O–H groups in total. The van der Waals surface area contributed by atoms with Crippen molar-refractivity contribution in [2.45, 2.75) is 13.5 Å². The Balaban J connectivity index is 1.55. The molecule has 0 aromatic heterocycles. The van der Waals surface area contributed by atoms with Gasteiger partial charge in [0.15, 0.2) is 16.7 Å². The van der Waals surface area contributed by atoms with Gasteiger partial charge in [-0.05, 0) is 72.3 Å². The number of aromatic carboxylic acids is 1. The molecule has 3 aromatic rings. The Labute approximate surface area is 228 Å². The number of amidine groups is 1. The van der Waals surface area contributed by atoms with Crippen molar-refractivity contribution in [1.29, 1.82) is 0 Å². The van der Waals surface area contributed by atoms with Crippen LogP contribution in [0, 0.1) is 0 Å². The number of carboxylic acids is 1. The van der Waals surface area contributed by atoms with E-state index in [1.807, 2.05) is 13.0 Å². The van der Waals surface area contributed by atoms with Crippen LogP contribution in [0.2, 0.25) is 10.0 Å². The summed E-state index contributed by atoms with van der Waals surface area (Å²) in [6, 6.07) is 16.6. The molecule has 7 nitrogen and oxygen atoms in total. The first-order chi connectivity index (χ1) is 17.7. The number of carbonyl (C=O) groups excluding carboxylic acids is 2. The molecule has 0 aliphatic carbocycles. The van der Waals surface area contributed by atoms with E-state index in [4.69, 9.17) is 32.7 Å². The van der Waals surface area contributed by atoms with Crippen LogP contribution in [0.3, 0.4) is 0 Å². The maximum atomic E-state index is 12.9. The van der Waals surface area contributed by atoms with Crippen molar-refractivity contribution in [1.82, 2.24) is 4.90 Å². The van der Waals surface area contributed by atoms with Crippen LogP contribution >= 0.6 is 35.0 Å². The van der Waals surface area contributed by atoms with Gasteiger partial charge in [0, 0.05) is 22.7 Å². The summed E-state index contributed by atoms with van der Waals surface area (Å²) in [6.45, 7) is 2.53. The Morgan fingerprint density at radius 2 is 1.89 bits per heavy atom. The summed E-state index contributed by atoms with van der Waals surface area (Å²) in [5.74, 6) is -0.457. The molecule has 4 rings (SSSR count). The number of carbonyl (C=O) groups is 2. The first-order valence-electron chi connectivity index (χ1n) is 11.2. The average molecular weight is 556 g/mol. The summed E-state index contributed by atoms with van der Waals surface area (Å²) in [5, 5.41) is 12.6. The second-order valence-corrected chi connectivity index (χ2v) is 9.72. The smallest absolute Gasteiger partial charge is 0.266 e. The molecule has 190 valence electrons. The van der Waals surface area contributed by atoms with Crippen molar-refractivity contribution < 1.29 is 24.2 Å². The van der Waals surface area contributed by atoms with E-state index in [1.165, 1.54) is 28.8 Å². The lowest BCUT2D eigenvalue weighted by molar-refractivity contribution is -0.255. The first-order valence-corrected chi connectivity index (χ1v) is 12.7. The van der Waals surface area contributed by atoms with Gasteiger partial charge in [0.25, 0.3) is 5.91 Å². The monoisotopic (exact) mass is 555 g/mol. The predicted octanol–water partition coefficient (Wildman–Crippen LogP) is 5.57. The van der Waals surface area contributed by atoms with Crippen molar-refractivity contribution in [3.05, 3.63) is 92.3 Å². The topological polar surface area (TPSA) is 91.3 Å². The summed E-state index contributed by atoms with van der Waals surface area (Å²) in [6.07, 6.45) is 1.74. The van der Waals surface area contributed by atoms with Crippen molar-refractivity contribution in [2.75, 3.05) is 13.7 Å². The van der Waals surface area contributed by atoms with Crippen molar-refractivity contribution in [3.8, 4) is 11.5 Å². The highest BCUT2D eigenvalue weighted by atomic mass is 35.5. The molecule has 0 saturated carbocycles. The van der Waals surface area contributed by atoms with Crippen LogP contribution < -0.4 is 14.6 Å². The molecule has 0 unspecified atom stereocenters. The minimum absolute atomic E-state index is 0.0127. The fourth-order valence-corrected chi connectivity index (χ4v) is 4.86. The average Bonchev–Trinajstić information content (AvgIpc) is 3.12. The molecule has 37 heavy (non-hydrogen) atoms. The molecule has 0 spiro atoms. The number of thioether (sulfide) groups is 1. The standard InChI is InChI=1S/C27H22Cl2N2O5S/c1-3-35-23-11-16(7-10-22(23)36-15-18-8-9-19(28)14-21(18)29)12-24-25(32)31(2)27(37-24)30-20-6-4-5-17(13-20)26(33)34/h4-14H,3,15H2,1-2H3,(H,33,34)/p-1/b24-12-,30-27?. The molecule has 1 aliphatic heterocycles. The molecule has 0 radical (unpaired) electrons. The van der Waals surface area contributed by atoms with Crippen LogP contribution in [0.25, 0.3) is 6.08 Å². The van der Waals surface area contributed by atoms with E-state index >= 15 is 0 Å². The number of hydrogen-bond acceptors (Lipinski definition) is 7. The zero-order valence-electron chi connectivity index (χ0n) is 19.9. The molecule has 1 saturated heterocycles. The molecule has 1 amide bonds. The Bertz CT molecular complexity index is 1420. The van der Waals surface area contributed by atoms with Gasteiger partial charge < -0.3 is 19.4 Å². The lowest BCUT2D eigenvalue weighted by Gasteiger charge is -2.13. The SMILES string of the molecule is CCOc1cc(/C=C2\SC(=Nc3cccc(C(=O)[O-])c3)N(C)C2=O)ccc1OCc1ccc(Cl)cc1Cl. The Hall–Kier alpha value is -3.46. The summed E-state index contributed by atoms with van der Waals surface area (Å²) < 4.78 is 11.7. The van der Waals surface area contributed by atoms with Crippen LogP contribution in [0.1, 0.15) is 28.4 Å². The third-order valence-electron chi connectivity index (χ3n) is 5.27. The summed E-state index contributed by atoms with van der Waals surface area (Å²) >= 11 is 13.4. The maximum Gasteiger partial charge on any atom is 0.266 e. The number of carboxylic acid groups (broad SMARTS) is 1. The van der Waals surface area contributed by atoms with Gasteiger partial charge in [-0.2, -0.15) is 0 Å². The van der Waals surface area contributed by atoms with Gasteiger partial charge in [-0.15, -0.1) is 0 Å². The van der Waals surface area contributed by atoms with Crippen LogP contribution in [0.4, 0.5) is 5.69 Å². The van der Waals surface area contributed by atoms with E-state index in [1.54, 1.807) is 55.6 Å². The van der Waals surface area contributed by atoms with E-state index in [0.29, 0.717) is 43.9 Å². The number of ether oxygens (including phenoxy) is 2. The van der Waals surface area contributed by atoms with Gasteiger partial charge in [-0.25, -0.2) is 4.99 Å². The summed E-state index contributed by atoms with van der Waals surface area (Å²) in [5.41, 5.74) is 1.95. The number of nitrogens with zero attached hydrogens (tertiary/aromatic N) is 2. The van der Waals surface area contributed by atoms with E-state index in [0.717, 1.165) is 11.1 Å². The molecular formula is C27H21Cl2N2O5S-. The predicted molar refractivity (Wildman–Crippen MR) is 145 cm³/mol. The molecule has 0 bridgehead atoms. The second-order valence-electron chi connectivity index (χ2n) is 7.87. The molecule has 0 atom stereocenters. The van der Waals surface area contributed by atoms with E-state index in [-0.39, 0.29) is 18.1 Å². The Morgan fingerprint density at radius 3 is 2.62 bits per heavy atom. The highest BCUT2D eigenvalue weighted by Gasteiger charge is 2.30. The highest BCUT2D eigenvalue weighted by molar-refractivity contribution is 8.18. The minimum Gasteiger partial charge on any atom is -0.545 e. The number of amides is 1. The zero-order valence-corrected chi connectivity index (χ0v) is 22.2. The number of likely N-dealkylation sites (N-methyl/N-ethyl adjacent to an activating group) is 1. The Kier molecular flexibility index (Phi) is 8.43. The van der Waals surface area contributed by atoms with Gasteiger partial charge in [0.1, 0.15) is 6.61 Å². The van der Waals surface area contributed by atoms with E-state index in [9.17, 15) is 14.7 Å². The minimum atomic E-state index is -1.29. The van der Waals surface area contributed by atoms with Gasteiger partial charge in [-0.3, -0.25) is 9.69 Å².